The number of aliphatic carboxylic acids is 1. The van der Waals surface area contributed by atoms with E-state index >= 15 is 0 Å². The van der Waals surface area contributed by atoms with Crippen LogP contribution in [0.3, 0.4) is 0 Å². The minimum Gasteiger partial charge on any atom is -0.480 e. The van der Waals surface area contributed by atoms with Crippen LogP contribution in [0.25, 0.3) is 0 Å². The van der Waals surface area contributed by atoms with E-state index in [9.17, 15) is 24.1 Å². The zero-order chi connectivity index (χ0) is 32.4. The summed E-state index contributed by atoms with van der Waals surface area (Å²) in [7, 11) is -4.67. The molecule has 1 aromatic rings. The third-order valence-corrected chi connectivity index (χ3v) is 5.91. The number of H-pyrrole nitrogens is 1. The van der Waals surface area contributed by atoms with E-state index in [1.807, 2.05) is 6.92 Å². The zero-order valence-corrected chi connectivity index (χ0v) is 23.5. The summed E-state index contributed by atoms with van der Waals surface area (Å²) in [5, 5.41) is 67.4. The van der Waals surface area contributed by atoms with Gasteiger partial charge >= 0.3 is 19.5 Å². The number of aromatic nitrogens is 2. The standard InChI is InChI=1S/C10H15N2O8P.C6H14O3.C3H8O3.C2H5NO2/c1-5-3-12(10(15)11-9(5)14)8-2-6(13)7(20-8)4-19-21(16,17)18;1-2-6(3-7,4-8)5-9;4-1-3(6)2-5;3-1-2(4)5/h3,6-8,13H,2,4H2,1H3,(H,11,14,15)(H2,16,17,18);7-9H,2-5H2,1H3;3-6H,1-2H2;1,3H2,(H,4,5)/t6-,7+,8+;;;/m0.../s1. The number of rotatable bonds is 11. The lowest BCUT2D eigenvalue weighted by Gasteiger charge is -2.24. The minimum absolute atomic E-state index is 0.0283. The van der Waals surface area contributed by atoms with Gasteiger partial charge in [0.2, 0.25) is 0 Å². The average molecular weight is 624 g/mol. The largest absolute Gasteiger partial charge is 0.480 e. The first-order chi connectivity index (χ1) is 19.0. The van der Waals surface area contributed by atoms with Crippen molar-refractivity contribution in [3.8, 4) is 0 Å². The summed E-state index contributed by atoms with van der Waals surface area (Å²) in [5.74, 6) is -0.968. The normalized spacial score (nSPS) is 18.4. The number of aliphatic hydroxyl groups excluding tert-OH is 7. The molecule has 2 rings (SSSR count). The number of carboxylic acids is 1. The number of phosphoric acid groups is 1. The van der Waals surface area contributed by atoms with E-state index in [0.717, 1.165) is 4.57 Å². The number of ether oxygens (including phenoxy) is 1. The molecule has 41 heavy (non-hydrogen) atoms. The van der Waals surface area contributed by atoms with Crippen molar-refractivity contribution < 1.29 is 69.3 Å². The Morgan fingerprint density at radius 1 is 1.20 bits per heavy atom. The van der Waals surface area contributed by atoms with Gasteiger partial charge in [0, 0.05) is 23.6 Å². The highest BCUT2D eigenvalue weighted by molar-refractivity contribution is 7.46. The molecule has 20 heteroatoms. The van der Waals surface area contributed by atoms with E-state index in [1.165, 1.54) is 13.1 Å². The summed E-state index contributed by atoms with van der Waals surface area (Å²) in [6, 6.07) is 0. The molecule has 1 aliphatic heterocycles. The molecule has 0 bridgehead atoms. The molecule has 0 spiro atoms. The van der Waals surface area contributed by atoms with E-state index in [2.05, 4.69) is 15.2 Å². The second-order valence-corrected chi connectivity index (χ2v) is 9.88. The maximum absolute atomic E-state index is 11.7. The van der Waals surface area contributed by atoms with Gasteiger partial charge in [-0.15, -0.1) is 0 Å². The van der Waals surface area contributed by atoms with Crippen LogP contribution in [-0.4, -0.2) is 131 Å². The Morgan fingerprint density at radius 3 is 2.00 bits per heavy atom. The van der Waals surface area contributed by atoms with Crippen molar-refractivity contribution in [3.63, 3.8) is 0 Å². The molecule has 1 aromatic heterocycles. The molecule has 0 amide bonds. The number of aryl methyl sites for hydroxylation is 1. The third kappa shape index (κ3) is 16.8. The highest BCUT2D eigenvalue weighted by Crippen LogP contribution is 2.38. The predicted octanol–water partition coefficient (Wildman–Crippen LogP) is -4.68. The van der Waals surface area contributed by atoms with Crippen molar-refractivity contribution >= 4 is 13.8 Å². The zero-order valence-electron chi connectivity index (χ0n) is 22.6. The molecule has 0 unspecified atom stereocenters. The smallest absolute Gasteiger partial charge is 0.469 e. The summed E-state index contributed by atoms with van der Waals surface area (Å²) < 4.78 is 21.4. The highest BCUT2D eigenvalue weighted by Gasteiger charge is 2.37. The van der Waals surface area contributed by atoms with Crippen LogP contribution < -0.4 is 17.0 Å². The molecule has 1 saturated heterocycles. The number of aromatic amines is 1. The van der Waals surface area contributed by atoms with Crippen molar-refractivity contribution in [2.45, 2.75) is 51.2 Å². The van der Waals surface area contributed by atoms with Gasteiger partial charge in [0.1, 0.15) is 18.4 Å². The summed E-state index contributed by atoms with van der Waals surface area (Å²) in [6.07, 6.45) is -1.93. The molecule has 2 heterocycles. The number of hydrogen-bond donors (Lipinski definition) is 12. The van der Waals surface area contributed by atoms with Crippen molar-refractivity contribution in [2.24, 2.45) is 11.1 Å². The molecule has 1 fully saturated rings. The van der Waals surface area contributed by atoms with Crippen LogP contribution in [0, 0.1) is 12.3 Å². The molecule has 13 N–H and O–H groups in total. The van der Waals surface area contributed by atoms with Gasteiger partial charge in [-0.2, -0.15) is 0 Å². The number of phosphoric ester groups is 1. The van der Waals surface area contributed by atoms with Crippen molar-refractivity contribution in [3.05, 3.63) is 32.6 Å². The number of hydrogen-bond acceptors (Lipinski definition) is 14. The molecular weight excluding hydrogens is 581 g/mol. The Labute approximate surface area is 234 Å². The Kier molecular flexibility index (Phi) is 20.7. The van der Waals surface area contributed by atoms with Crippen molar-refractivity contribution in [1.82, 2.24) is 9.55 Å². The van der Waals surface area contributed by atoms with E-state index in [-0.39, 0.29) is 46.0 Å². The highest BCUT2D eigenvalue weighted by atomic mass is 31.2. The van der Waals surface area contributed by atoms with Crippen LogP contribution in [0.1, 0.15) is 31.6 Å². The quantitative estimate of drug-likeness (QED) is 0.103. The second kappa shape index (κ2) is 20.7. The van der Waals surface area contributed by atoms with Gasteiger partial charge in [-0.3, -0.25) is 23.7 Å². The van der Waals surface area contributed by atoms with E-state index in [0.29, 0.717) is 12.0 Å². The van der Waals surface area contributed by atoms with Crippen molar-refractivity contribution in [2.75, 3.05) is 46.2 Å². The fourth-order valence-corrected chi connectivity index (χ4v) is 2.89. The lowest BCUT2D eigenvalue weighted by atomic mass is 9.88. The molecule has 1 aliphatic rings. The number of carbonyl (C=O) groups is 1. The van der Waals surface area contributed by atoms with Crippen LogP contribution in [-0.2, 0) is 18.6 Å². The summed E-state index contributed by atoms with van der Waals surface area (Å²) in [4.78, 5) is 51.6. The van der Waals surface area contributed by atoms with Crippen LogP contribution in [0.2, 0.25) is 0 Å². The first-order valence-corrected chi connectivity index (χ1v) is 13.5. The minimum atomic E-state index is -4.67. The van der Waals surface area contributed by atoms with Gasteiger partial charge in [0.15, 0.2) is 0 Å². The third-order valence-electron chi connectivity index (χ3n) is 5.42. The SMILES string of the molecule is CCC(CO)(CO)CO.Cc1cn([C@H]2C[C@H](O)[C@@H](COP(=O)(O)O)O2)c(=O)[nH]c1=O.NCC(=O)O.OCC(O)CO. The summed E-state index contributed by atoms with van der Waals surface area (Å²) in [5.41, 5.74) is 2.99. The fraction of sp³-hybridized carbons (Fsp3) is 0.762. The Balaban J connectivity index is 0. The maximum Gasteiger partial charge on any atom is 0.469 e. The topological polar surface area (TPSA) is 336 Å². The number of aliphatic hydroxyl groups is 7. The van der Waals surface area contributed by atoms with Gasteiger partial charge in [-0.1, -0.05) is 6.92 Å². The number of nitrogens with zero attached hydrogens (tertiary/aromatic N) is 1. The number of nitrogens with one attached hydrogen (secondary N) is 1. The number of nitrogens with two attached hydrogens (primary N) is 1. The first kappa shape index (κ1) is 41.0. The number of carboxylic acid groups (broad SMARTS) is 1. The van der Waals surface area contributed by atoms with E-state index < -0.39 is 61.6 Å². The van der Waals surface area contributed by atoms with Gasteiger partial charge < -0.3 is 61.1 Å². The molecular formula is C21H42N3O16P. The predicted molar refractivity (Wildman–Crippen MR) is 139 cm³/mol. The van der Waals surface area contributed by atoms with Crippen LogP contribution >= 0.6 is 7.82 Å². The maximum atomic E-state index is 11.7. The molecule has 0 saturated carbocycles. The van der Waals surface area contributed by atoms with Crippen LogP contribution in [0.4, 0.5) is 0 Å². The monoisotopic (exact) mass is 623 g/mol. The Hall–Kier alpha value is -2.10. The van der Waals surface area contributed by atoms with Gasteiger partial charge in [0.05, 0.1) is 52.3 Å². The molecule has 0 aliphatic carbocycles. The molecule has 19 nitrogen and oxygen atoms in total. The fourth-order valence-electron chi connectivity index (χ4n) is 2.55. The first-order valence-electron chi connectivity index (χ1n) is 12.0. The Bertz CT molecular complexity index is 1000. The Morgan fingerprint density at radius 2 is 1.68 bits per heavy atom. The molecule has 0 aromatic carbocycles. The van der Waals surface area contributed by atoms with Crippen LogP contribution in [0.5, 0.6) is 0 Å². The average Bonchev–Trinajstić information content (AvgIpc) is 3.31. The van der Waals surface area contributed by atoms with Gasteiger partial charge in [-0.25, -0.2) is 9.36 Å². The van der Waals surface area contributed by atoms with Gasteiger partial charge in [0.25, 0.3) is 5.56 Å². The van der Waals surface area contributed by atoms with Crippen LogP contribution in [0.15, 0.2) is 15.8 Å². The molecule has 3 atom stereocenters. The summed E-state index contributed by atoms with van der Waals surface area (Å²) >= 11 is 0. The summed E-state index contributed by atoms with van der Waals surface area (Å²) in [6.45, 7) is 1.34. The van der Waals surface area contributed by atoms with Gasteiger partial charge in [-0.05, 0) is 13.3 Å². The lowest BCUT2D eigenvalue weighted by molar-refractivity contribution is -0.135. The van der Waals surface area contributed by atoms with Crippen molar-refractivity contribution in [1.29, 1.82) is 0 Å². The molecule has 242 valence electrons. The van der Waals surface area contributed by atoms with E-state index in [1.54, 1.807) is 0 Å². The second-order valence-electron chi connectivity index (χ2n) is 8.64. The van der Waals surface area contributed by atoms with E-state index in [4.69, 9.17) is 50.3 Å². The molecule has 0 radical (unpaired) electrons. The lowest BCUT2D eigenvalue weighted by Crippen LogP contribution is -2.33.